The third-order valence-corrected chi connectivity index (χ3v) is 5.57. The molecule has 1 heterocycles. The molecule has 1 fully saturated rings. The molecule has 1 aliphatic rings. The quantitative estimate of drug-likeness (QED) is 0.309. The molecular weight excluding hydrogens is 461 g/mol. The molecule has 2 rings (SSSR count). The first kappa shape index (κ1) is 25.2. The first-order valence-corrected chi connectivity index (χ1v) is 10.6. The van der Waals surface area contributed by atoms with Gasteiger partial charge in [-0.05, 0) is 51.8 Å². The Labute approximate surface area is 189 Å². The van der Waals surface area contributed by atoms with Crippen molar-refractivity contribution in [2.24, 2.45) is 4.99 Å². The Bertz CT molecular complexity index is 543. The van der Waals surface area contributed by atoms with Crippen molar-refractivity contribution in [2.45, 2.75) is 58.2 Å². The van der Waals surface area contributed by atoms with Gasteiger partial charge in [-0.15, -0.1) is 24.0 Å². The Morgan fingerprint density at radius 2 is 1.93 bits per heavy atom. The SMILES string of the molecule is CCCN1CCC(NC(=NC)NCCC(C)N(C)Cc2ccccc2)CC1.I. The first-order chi connectivity index (χ1) is 13.1. The van der Waals surface area contributed by atoms with E-state index in [-0.39, 0.29) is 24.0 Å². The second kappa shape index (κ2) is 14.2. The average molecular weight is 502 g/mol. The molecule has 1 aliphatic heterocycles. The summed E-state index contributed by atoms with van der Waals surface area (Å²) in [5.74, 6) is 0.946. The largest absolute Gasteiger partial charge is 0.356 e. The van der Waals surface area contributed by atoms with E-state index in [2.05, 4.69) is 76.7 Å². The Morgan fingerprint density at radius 1 is 1.25 bits per heavy atom. The minimum absolute atomic E-state index is 0. The lowest BCUT2D eigenvalue weighted by Crippen LogP contribution is -2.49. The van der Waals surface area contributed by atoms with Crippen molar-refractivity contribution in [3.63, 3.8) is 0 Å². The topological polar surface area (TPSA) is 42.9 Å². The van der Waals surface area contributed by atoms with Gasteiger partial charge in [0.2, 0.25) is 0 Å². The minimum Gasteiger partial charge on any atom is -0.356 e. The van der Waals surface area contributed by atoms with Crippen molar-refractivity contribution >= 4 is 29.9 Å². The number of aliphatic imine (C=N–C) groups is 1. The maximum absolute atomic E-state index is 4.41. The van der Waals surface area contributed by atoms with E-state index < -0.39 is 0 Å². The first-order valence-electron chi connectivity index (χ1n) is 10.6. The summed E-state index contributed by atoms with van der Waals surface area (Å²) in [5.41, 5.74) is 1.37. The molecule has 1 aromatic rings. The summed E-state index contributed by atoms with van der Waals surface area (Å²) in [6, 6.07) is 11.7. The smallest absolute Gasteiger partial charge is 0.191 e. The molecule has 1 saturated heterocycles. The van der Waals surface area contributed by atoms with Crippen LogP contribution in [-0.4, -0.2) is 68.1 Å². The monoisotopic (exact) mass is 501 g/mol. The molecule has 1 atom stereocenters. The summed E-state index contributed by atoms with van der Waals surface area (Å²) < 4.78 is 0. The molecule has 160 valence electrons. The van der Waals surface area contributed by atoms with Crippen LogP contribution in [0.15, 0.2) is 35.3 Å². The number of rotatable bonds is 9. The van der Waals surface area contributed by atoms with Crippen LogP contribution in [-0.2, 0) is 6.54 Å². The van der Waals surface area contributed by atoms with Crippen LogP contribution in [0.1, 0.15) is 45.1 Å². The fourth-order valence-electron chi connectivity index (χ4n) is 3.65. The van der Waals surface area contributed by atoms with Crippen LogP contribution in [0.3, 0.4) is 0 Å². The van der Waals surface area contributed by atoms with Crippen LogP contribution in [0.5, 0.6) is 0 Å². The average Bonchev–Trinajstić information content (AvgIpc) is 2.69. The third kappa shape index (κ3) is 9.09. The van der Waals surface area contributed by atoms with E-state index in [1.165, 1.54) is 44.5 Å². The zero-order valence-electron chi connectivity index (χ0n) is 18.2. The van der Waals surface area contributed by atoms with Gasteiger partial charge in [0.1, 0.15) is 0 Å². The van der Waals surface area contributed by atoms with Gasteiger partial charge < -0.3 is 15.5 Å². The fraction of sp³-hybridized carbons (Fsp3) is 0.682. The Morgan fingerprint density at radius 3 is 2.54 bits per heavy atom. The normalized spacial score (nSPS) is 17.2. The van der Waals surface area contributed by atoms with Crippen LogP contribution in [0.4, 0.5) is 0 Å². The molecule has 0 aliphatic carbocycles. The van der Waals surface area contributed by atoms with Gasteiger partial charge in [-0.25, -0.2) is 0 Å². The third-order valence-electron chi connectivity index (χ3n) is 5.57. The zero-order chi connectivity index (χ0) is 19.5. The molecule has 1 unspecified atom stereocenters. The standard InChI is InChI=1S/C22H39N5.HI/c1-5-15-27-16-12-21(13-17-27)25-22(23-3)24-14-11-19(2)26(4)18-20-9-7-6-8-10-20;/h6-10,19,21H,5,11-18H2,1-4H3,(H2,23,24,25);1H. The second-order valence-electron chi connectivity index (χ2n) is 7.80. The van der Waals surface area contributed by atoms with Crippen LogP contribution in [0, 0.1) is 0 Å². The predicted molar refractivity (Wildman–Crippen MR) is 132 cm³/mol. The maximum Gasteiger partial charge on any atom is 0.191 e. The molecule has 0 aromatic heterocycles. The molecular formula is C22H40IN5. The van der Waals surface area contributed by atoms with Gasteiger partial charge >= 0.3 is 0 Å². The van der Waals surface area contributed by atoms with E-state index in [1.807, 2.05) is 7.05 Å². The van der Waals surface area contributed by atoms with E-state index in [1.54, 1.807) is 0 Å². The summed E-state index contributed by atoms with van der Waals surface area (Å²) in [6.45, 7) is 10.1. The van der Waals surface area contributed by atoms with E-state index in [9.17, 15) is 0 Å². The number of benzene rings is 1. The summed E-state index contributed by atoms with van der Waals surface area (Å²) in [5, 5.41) is 7.11. The summed E-state index contributed by atoms with van der Waals surface area (Å²) in [7, 11) is 4.07. The Hall–Kier alpha value is -0.860. The number of piperidine rings is 1. The Kier molecular flexibility index (Phi) is 12.7. The lowest BCUT2D eigenvalue weighted by atomic mass is 10.1. The number of hydrogen-bond acceptors (Lipinski definition) is 3. The highest BCUT2D eigenvalue weighted by atomic mass is 127. The predicted octanol–water partition coefficient (Wildman–Crippen LogP) is 3.55. The van der Waals surface area contributed by atoms with E-state index in [0.29, 0.717) is 12.1 Å². The van der Waals surface area contributed by atoms with E-state index >= 15 is 0 Å². The maximum atomic E-state index is 4.41. The highest BCUT2D eigenvalue weighted by Crippen LogP contribution is 2.11. The van der Waals surface area contributed by atoms with Crippen LogP contribution < -0.4 is 10.6 Å². The summed E-state index contributed by atoms with van der Waals surface area (Å²) in [4.78, 5) is 9.40. The summed E-state index contributed by atoms with van der Waals surface area (Å²) >= 11 is 0. The number of hydrogen-bond donors (Lipinski definition) is 2. The zero-order valence-corrected chi connectivity index (χ0v) is 20.5. The Balaban J connectivity index is 0.00000392. The molecule has 28 heavy (non-hydrogen) atoms. The number of guanidine groups is 1. The molecule has 0 spiro atoms. The molecule has 0 radical (unpaired) electrons. The van der Waals surface area contributed by atoms with Gasteiger partial charge in [0.05, 0.1) is 0 Å². The lowest BCUT2D eigenvalue weighted by Gasteiger charge is -2.33. The number of nitrogens with one attached hydrogen (secondary N) is 2. The molecule has 0 saturated carbocycles. The van der Waals surface area contributed by atoms with Gasteiger partial charge in [-0.1, -0.05) is 37.3 Å². The van der Waals surface area contributed by atoms with Crippen LogP contribution in [0.25, 0.3) is 0 Å². The summed E-state index contributed by atoms with van der Waals surface area (Å²) in [6.07, 6.45) is 4.75. The van der Waals surface area contributed by atoms with Crippen molar-refractivity contribution in [3.8, 4) is 0 Å². The van der Waals surface area contributed by atoms with E-state index in [4.69, 9.17) is 0 Å². The van der Waals surface area contributed by atoms with Gasteiger partial charge in [-0.2, -0.15) is 0 Å². The van der Waals surface area contributed by atoms with Crippen molar-refractivity contribution in [2.75, 3.05) is 40.3 Å². The van der Waals surface area contributed by atoms with Crippen molar-refractivity contribution in [3.05, 3.63) is 35.9 Å². The van der Waals surface area contributed by atoms with Gasteiger partial charge in [0, 0.05) is 45.3 Å². The van der Waals surface area contributed by atoms with Crippen molar-refractivity contribution < 1.29 is 0 Å². The molecule has 1 aromatic carbocycles. The number of likely N-dealkylation sites (tertiary alicyclic amines) is 1. The van der Waals surface area contributed by atoms with Crippen molar-refractivity contribution in [1.82, 2.24) is 20.4 Å². The second-order valence-corrected chi connectivity index (χ2v) is 7.80. The highest BCUT2D eigenvalue weighted by molar-refractivity contribution is 14.0. The van der Waals surface area contributed by atoms with Gasteiger partial charge in [0.15, 0.2) is 5.96 Å². The molecule has 6 heteroatoms. The minimum atomic E-state index is 0. The fourth-order valence-corrected chi connectivity index (χ4v) is 3.65. The number of halogens is 1. The molecule has 5 nitrogen and oxygen atoms in total. The molecule has 0 bridgehead atoms. The van der Waals surface area contributed by atoms with Crippen molar-refractivity contribution in [1.29, 1.82) is 0 Å². The highest BCUT2D eigenvalue weighted by Gasteiger charge is 2.19. The van der Waals surface area contributed by atoms with Gasteiger partial charge in [0.25, 0.3) is 0 Å². The van der Waals surface area contributed by atoms with Gasteiger partial charge in [-0.3, -0.25) is 9.89 Å². The van der Waals surface area contributed by atoms with Crippen LogP contribution in [0.2, 0.25) is 0 Å². The molecule has 0 amide bonds. The van der Waals surface area contributed by atoms with Crippen LogP contribution >= 0.6 is 24.0 Å². The molecule has 2 N–H and O–H groups in total. The van der Waals surface area contributed by atoms with E-state index in [0.717, 1.165) is 25.5 Å². The number of nitrogens with zero attached hydrogens (tertiary/aromatic N) is 3. The lowest BCUT2D eigenvalue weighted by molar-refractivity contribution is 0.206.